The fraction of sp³-hybridized carbons (Fsp3) is 0.375. The van der Waals surface area contributed by atoms with E-state index in [0.29, 0.717) is 11.1 Å². The highest BCUT2D eigenvalue weighted by molar-refractivity contribution is 6.24. The lowest BCUT2D eigenvalue weighted by Crippen LogP contribution is -2.70. The first kappa shape index (κ1) is 23.5. The number of phenols is 1. The van der Waals surface area contributed by atoms with Gasteiger partial charge in [-0.25, -0.2) is 0 Å². The van der Waals surface area contributed by atoms with Gasteiger partial charge in [0, 0.05) is 17.1 Å². The number of primary amides is 1. The number of amides is 1. The van der Waals surface area contributed by atoms with E-state index < -0.39 is 75.6 Å². The van der Waals surface area contributed by atoms with E-state index in [-0.39, 0.29) is 11.3 Å². The van der Waals surface area contributed by atoms with Crippen LogP contribution in [0.5, 0.6) is 5.75 Å². The lowest BCUT2D eigenvalue weighted by atomic mass is 9.54. The lowest BCUT2D eigenvalue weighted by Gasteiger charge is -2.53. The topological polar surface area (TPSA) is 182 Å². The SMILES string of the molecule is C#Cc1ccc(O)c2c1[C@H](C)[C@@H]1C(=C2O)C(=O)[C@]2(O)C(O)=C(C(N)=O)C(=O)[C@@H](N(C)C)[C@@H]2[C@H]1O. The van der Waals surface area contributed by atoms with Crippen molar-refractivity contribution in [3.8, 4) is 18.1 Å². The maximum Gasteiger partial charge on any atom is 0.255 e. The van der Waals surface area contributed by atoms with Crippen molar-refractivity contribution in [2.75, 3.05) is 14.1 Å². The van der Waals surface area contributed by atoms with Gasteiger partial charge in [0.2, 0.25) is 5.78 Å². The third kappa shape index (κ3) is 2.66. The van der Waals surface area contributed by atoms with Gasteiger partial charge in [-0.05, 0) is 37.7 Å². The van der Waals surface area contributed by atoms with E-state index in [1.807, 2.05) is 0 Å². The Balaban J connectivity index is 2.10. The first-order chi connectivity index (χ1) is 15.8. The molecular formula is C24H24N2O8. The van der Waals surface area contributed by atoms with Crippen LogP contribution in [0.1, 0.15) is 29.5 Å². The summed E-state index contributed by atoms with van der Waals surface area (Å²) in [5, 5.41) is 55.4. The zero-order valence-electron chi connectivity index (χ0n) is 18.6. The molecule has 3 aliphatic rings. The smallest absolute Gasteiger partial charge is 0.255 e. The summed E-state index contributed by atoms with van der Waals surface area (Å²) in [5.41, 5.74) is 1.40. The number of ketones is 2. The highest BCUT2D eigenvalue weighted by Crippen LogP contribution is 2.56. The van der Waals surface area contributed by atoms with Gasteiger partial charge in [-0.3, -0.25) is 19.3 Å². The van der Waals surface area contributed by atoms with Crippen LogP contribution in [0.25, 0.3) is 5.76 Å². The minimum Gasteiger partial charge on any atom is -0.508 e. The van der Waals surface area contributed by atoms with Gasteiger partial charge >= 0.3 is 0 Å². The number of hydrogen-bond acceptors (Lipinski definition) is 9. The van der Waals surface area contributed by atoms with Crippen molar-refractivity contribution in [1.82, 2.24) is 4.90 Å². The van der Waals surface area contributed by atoms with Crippen LogP contribution in [-0.2, 0) is 14.4 Å². The molecule has 0 spiro atoms. The highest BCUT2D eigenvalue weighted by atomic mass is 16.4. The lowest BCUT2D eigenvalue weighted by molar-refractivity contribution is -0.169. The Labute approximate surface area is 194 Å². The number of nitrogens with two attached hydrogens (primary N) is 1. The second-order valence-corrected chi connectivity index (χ2v) is 9.11. The second kappa shape index (κ2) is 7.43. The number of aromatic hydroxyl groups is 1. The molecule has 0 unspecified atom stereocenters. The Morgan fingerprint density at radius 3 is 2.35 bits per heavy atom. The number of carbonyl (C=O) groups is 3. The molecule has 178 valence electrons. The molecule has 0 aromatic heterocycles. The van der Waals surface area contributed by atoms with Gasteiger partial charge in [0.1, 0.15) is 22.8 Å². The van der Waals surface area contributed by atoms with Crippen LogP contribution in [0.3, 0.4) is 0 Å². The van der Waals surface area contributed by atoms with Gasteiger partial charge in [-0.15, -0.1) is 6.42 Å². The highest BCUT2D eigenvalue weighted by Gasteiger charge is 2.68. The standard InChI is InChI=1S/C24H24N2O8/c1-5-9-6-7-10(27)13-11(9)8(2)12-14(18(13)28)21(31)24(34)16(19(12)29)17(26(3)4)20(30)15(22(24)32)23(25)33/h1,6-8,12,16-17,19,27-29,32,34H,2-4H3,(H2,25,33)/t8-,12+,16+,17-,19-,24-/m0/s1. The van der Waals surface area contributed by atoms with Gasteiger partial charge in [0.15, 0.2) is 11.4 Å². The third-order valence-electron chi connectivity index (χ3n) is 7.26. The molecule has 0 radical (unpaired) electrons. The number of Topliss-reactive ketones (excluding diaryl/α,β-unsaturated/α-hetero) is 2. The van der Waals surface area contributed by atoms with Gasteiger partial charge in [0.05, 0.1) is 23.6 Å². The van der Waals surface area contributed by atoms with Crippen molar-refractivity contribution in [2.24, 2.45) is 17.6 Å². The number of aliphatic hydroxyl groups excluding tert-OH is 3. The largest absolute Gasteiger partial charge is 0.508 e. The zero-order chi connectivity index (χ0) is 25.4. The fourth-order valence-corrected chi connectivity index (χ4v) is 5.82. The number of hydrogen-bond donors (Lipinski definition) is 6. The molecule has 1 saturated carbocycles. The van der Waals surface area contributed by atoms with Crippen molar-refractivity contribution in [1.29, 1.82) is 0 Å². The minimum atomic E-state index is -2.94. The molecule has 1 aromatic rings. The van der Waals surface area contributed by atoms with Crippen LogP contribution in [0.2, 0.25) is 0 Å². The molecule has 3 aliphatic carbocycles. The van der Waals surface area contributed by atoms with Crippen LogP contribution in [0, 0.1) is 24.2 Å². The van der Waals surface area contributed by atoms with Gasteiger partial charge in [0.25, 0.3) is 5.91 Å². The number of nitrogens with zero attached hydrogens (tertiary/aromatic N) is 1. The molecule has 1 amide bonds. The van der Waals surface area contributed by atoms with E-state index in [4.69, 9.17) is 12.2 Å². The number of rotatable bonds is 2. The number of likely N-dealkylation sites (N-methyl/N-ethyl adjacent to an activating group) is 1. The van der Waals surface area contributed by atoms with Crippen molar-refractivity contribution < 1.29 is 39.9 Å². The average molecular weight is 468 g/mol. The minimum absolute atomic E-state index is 0.133. The molecule has 4 rings (SSSR count). The quantitative estimate of drug-likeness (QED) is 0.246. The van der Waals surface area contributed by atoms with E-state index in [1.54, 1.807) is 6.92 Å². The van der Waals surface area contributed by atoms with Crippen LogP contribution < -0.4 is 5.73 Å². The number of carbonyl (C=O) groups excluding carboxylic acids is 3. The monoisotopic (exact) mass is 468 g/mol. The number of aliphatic hydroxyl groups is 4. The van der Waals surface area contributed by atoms with Crippen LogP contribution in [-0.4, -0.2) is 79.7 Å². The molecule has 1 fully saturated rings. The summed E-state index contributed by atoms with van der Waals surface area (Å²) in [6.45, 7) is 1.62. The van der Waals surface area contributed by atoms with Gasteiger partial charge < -0.3 is 31.3 Å². The van der Waals surface area contributed by atoms with Gasteiger partial charge in [-0.2, -0.15) is 0 Å². The van der Waals surface area contributed by atoms with Crippen molar-refractivity contribution in [3.63, 3.8) is 0 Å². The molecule has 0 saturated heterocycles. The molecule has 0 bridgehead atoms. The Morgan fingerprint density at radius 1 is 1.21 bits per heavy atom. The Hall–Kier alpha value is -3.65. The van der Waals surface area contributed by atoms with E-state index >= 15 is 0 Å². The molecule has 0 aliphatic heterocycles. The normalized spacial score (nSPS) is 32.8. The first-order valence-corrected chi connectivity index (χ1v) is 10.5. The van der Waals surface area contributed by atoms with E-state index in [2.05, 4.69) is 5.92 Å². The van der Waals surface area contributed by atoms with Crippen molar-refractivity contribution in [2.45, 2.75) is 30.6 Å². The number of benzene rings is 1. The summed E-state index contributed by atoms with van der Waals surface area (Å²) in [6, 6.07) is 1.29. The molecule has 34 heavy (non-hydrogen) atoms. The molecule has 6 atom stereocenters. The summed E-state index contributed by atoms with van der Waals surface area (Å²) in [5.74, 6) is -6.98. The number of phenolic OH excluding ortho intramolecular Hbond substituents is 1. The molecule has 0 heterocycles. The molecule has 10 nitrogen and oxygen atoms in total. The summed E-state index contributed by atoms with van der Waals surface area (Å²) in [4.78, 5) is 40.2. The van der Waals surface area contributed by atoms with Crippen LogP contribution in [0.4, 0.5) is 0 Å². The van der Waals surface area contributed by atoms with Crippen LogP contribution >= 0.6 is 0 Å². The number of terminal acetylenes is 1. The summed E-state index contributed by atoms with van der Waals surface area (Å²) >= 11 is 0. The molecule has 10 heteroatoms. The summed E-state index contributed by atoms with van der Waals surface area (Å²) < 4.78 is 0. The Morgan fingerprint density at radius 2 is 1.82 bits per heavy atom. The maximum atomic E-state index is 13.8. The predicted octanol–water partition coefficient (Wildman–Crippen LogP) is -0.523. The van der Waals surface area contributed by atoms with E-state index in [0.717, 1.165) is 0 Å². The third-order valence-corrected chi connectivity index (χ3v) is 7.26. The summed E-state index contributed by atoms with van der Waals surface area (Å²) in [7, 11) is 2.89. The Bertz CT molecular complexity index is 1270. The van der Waals surface area contributed by atoms with E-state index in [1.165, 1.54) is 31.1 Å². The molecular weight excluding hydrogens is 444 g/mol. The van der Waals surface area contributed by atoms with Gasteiger partial charge in [-0.1, -0.05) is 12.8 Å². The first-order valence-electron chi connectivity index (χ1n) is 10.5. The van der Waals surface area contributed by atoms with Crippen molar-refractivity contribution in [3.05, 3.63) is 45.7 Å². The summed E-state index contributed by atoms with van der Waals surface area (Å²) in [6.07, 6.45) is 3.93. The average Bonchev–Trinajstić information content (AvgIpc) is 2.75. The second-order valence-electron chi connectivity index (χ2n) is 9.11. The fourth-order valence-electron chi connectivity index (χ4n) is 5.82. The van der Waals surface area contributed by atoms with Crippen molar-refractivity contribution >= 4 is 23.2 Å². The van der Waals surface area contributed by atoms with Crippen LogP contribution in [0.15, 0.2) is 29.0 Å². The molecule has 7 N–H and O–H groups in total. The predicted molar refractivity (Wildman–Crippen MR) is 118 cm³/mol. The maximum absolute atomic E-state index is 13.8. The zero-order valence-corrected chi connectivity index (χ0v) is 18.6. The molecule has 1 aromatic carbocycles. The Kier molecular flexibility index (Phi) is 5.14. The van der Waals surface area contributed by atoms with E-state index in [9.17, 15) is 39.9 Å². The number of fused-ring (bicyclic) bond motifs is 3.